The third-order valence-electron chi connectivity index (χ3n) is 3.74. The number of benzene rings is 2. The molecule has 0 spiro atoms. The first-order valence-electron chi connectivity index (χ1n) is 7.73. The van der Waals surface area contributed by atoms with Crippen molar-refractivity contribution in [2.75, 3.05) is 5.32 Å². The van der Waals surface area contributed by atoms with Crippen molar-refractivity contribution < 1.29 is 4.79 Å². The van der Waals surface area contributed by atoms with Gasteiger partial charge in [-0.3, -0.25) is 9.48 Å². The lowest BCUT2D eigenvalue weighted by atomic mass is 10.1. The molecule has 0 fully saturated rings. The minimum Gasteiger partial charge on any atom is -0.322 e. The van der Waals surface area contributed by atoms with Gasteiger partial charge < -0.3 is 5.32 Å². The first-order chi connectivity index (χ1) is 11.3. The second-order valence-corrected chi connectivity index (χ2v) is 5.32. The van der Waals surface area contributed by atoms with E-state index in [-0.39, 0.29) is 5.91 Å². The van der Waals surface area contributed by atoms with Crippen LogP contribution in [0.1, 0.15) is 28.5 Å². The number of aromatic nitrogens is 2. The second kappa shape index (κ2) is 6.92. The van der Waals surface area contributed by atoms with Gasteiger partial charge in [0.2, 0.25) is 0 Å². The lowest BCUT2D eigenvalue weighted by molar-refractivity contribution is 0.102. The van der Waals surface area contributed by atoms with E-state index < -0.39 is 0 Å². The van der Waals surface area contributed by atoms with Gasteiger partial charge in [-0.05, 0) is 24.1 Å². The fourth-order valence-electron chi connectivity index (χ4n) is 2.59. The maximum Gasteiger partial charge on any atom is 0.259 e. The summed E-state index contributed by atoms with van der Waals surface area (Å²) in [7, 11) is 0. The van der Waals surface area contributed by atoms with Gasteiger partial charge in [-0.2, -0.15) is 5.10 Å². The second-order valence-electron chi connectivity index (χ2n) is 5.32. The molecule has 0 bridgehead atoms. The van der Waals surface area contributed by atoms with Crippen LogP contribution in [0.5, 0.6) is 0 Å². The van der Waals surface area contributed by atoms with E-state index in [2.05, 4.69) is 22.5 Å². The summed E-state index contributed by atoms with van der Waals surface area (Å²) >= 11 is 0. The Morgan fingerprint density at radius 2 is 1.70 bits per heavy atom. The molecule has 1 amide bonds. The summed E-state index contributed by atoms with van der Waals surface area (Å²) in [6.07, 6.45) is 2.41. The molecule has 1 aromatic heterocycles. The molecule has 0 saturated heterocycles. The number of anilines is 1. The van der Waals surface area contributed by atoms with Crippen LogP contribution < -0.4 is 5.32 Å². The molecule has 0 saturated carbocycles. The average molecular weight is 305 g/mol. The summed E-state index contributed by atoms with van der Waals surface area (Å²) in [6, 6.07) is 19.6. The Morgan fingerprint density at radius 1 is 1.04 bits per heavy atom. The van der Waals surface area contributed by atoms with Gasteiger partial charge in [0.1, 0.15) is 0 Å². The number of hydrogen-bond acceptors (Lipinski definition) is 2. The molecular formula is C19H19N3O. The zero-order valence-corrected chi connectivity index (χ0v) is 13.1. The number of nitrogens with one attached hydrogen (secondary N) is 1. The Hall–Kier alpha value is -2.88. The van der Waals surface area contributed by atoms with Gasteiger partial charge in [-0.1, -0.05) is 55.5 Å². The molecule has 4 heteroatoms. The monoisotopic (exact) mass is 305 g/mol. The van der Waals surface area contributed by atoms with Crippen LogP contribution in [0.25, 0.3) is 0 Å². The standard InChI is InChI=1S/C19H19N3O/c1-2-18-17(19(23)21-16-11-7-4-8-12-16)13-20-22(18)14-15-9-5-3-6-10-15/h3-13H,2,14H2,1H3,(H,21,23). The van der Waals surface area contributed by atoms with Crippen molar-refractivity contribution in [3.63, 3.8) is 0 Å². The quantitative estimate of drug-likeness (QED) is 0.780. The number of rotatable bonds is 5. The molecule has 0 aliphatic carbocycles. The predicted molar refractivity (Wildman–Crippen MR) is 91.5 cm³/mol. The van der Waals surface area contributed by atoms with Crippen LogP contribution >= 0.6 is 0 Å². The summed E-state index contributed by atoms with van der Waals surface area (Å²) in [5, 5.41) is 7.32. The van der Waals surface area contributed by atoms with E-state index in [0.29, 0.717) is 12.1 Å². The Labute approximate surface area is 135 Å². The van der Waals surface area contributed by atoms with Crippen LogP contribution in [0.2, 0.25) is 0 Å². The maximum atomic E-state index is 12.5. The van der Waals surface area contributed by atoms with Crippen LogP contribution in [0.4, 0.5) is 5.69 Å². The highest BCUT2D eigenvalue weighted by atomic mass is 16.1. The topological polar surface area (TPSA) is 46.9 Å². The van der Waals surface area contributed by atoms with Crippen LogP contribution in [0, 0.1) is 0 Å². The Morgan fingerprint density at radius 3 is 2.35 bits per heavy atom. The van der Waals surface area contributed by atoms with E-state index in [1.54, 1.807) is 6.20 Å². The normalized spacial score (nSPS) is 10.5. The van der Waals surface area contributed by atoms with Gasteiger partial charge in [-0.15, -0.1) is 0 Å². The highest BCUT2D eigenvalue weighted by Gasteiger charge is 2.16. The lowest BCUT2D eigenvalue weighted by Crippen LogP contribution is -2.14. The first kappa shape index (κ1) is 15.0. The van der Waals surface area contributed by atoms with Crippen LogP contribution in [0.15, 0.2) is 66.9 Å². The summed E-state index contributed by atoms with van der Waals surface area (Å²) in [6.45, 7) is 2.71. The molecule has 1 heterocycles. The third-order valence-corrected chi connectivity index (χ3v) is 3.74. The number of amides is 1. The van der Waals surface area contributed by atoms with Crippen molar-refractivity contribution in [1.29, 1.82) is 0 Å². The molecule has 0 unspecified atom stereocenters. The fraction of sp³-hybridized carbons (Fsp3) is 0.158. The maximum absolute atomic E-state index is 12.5. The fourth-order valence-corrected chi connectivity index (χ4v) is 2.59. The van der Waals surface area contributed by atoms with Crippen molar-refractivity contribution in [3.8, 4) is 0 Å². The van der Waals surface area contributed by atoms with E-state index in [4.69, 9.17) is 0 Å². The minimum atomic E-state index is -0.118. The van der Waals surface area contributed by atoms with Crippen molar-refractivity contribution >= 4 is 11.6 Å². The van der Waals surface area contributed by atoms with Gasteiger partial charge in [0.05, 0.1) is 24.0 Å². The molecule has 0 radical (unpaired) electrons. The first-order valence-corrected chi connectivity index (χ1v) is 7.73. The van der Waals surface area contributed by atoms with E-state index in [1.165, 1.54) is 5.56 Å². The molecule has 0 aliphatic rings. The Bertz CT molecular complexity index is 779. The van der Waals surface area contributed by atoms with E-state index >= 15 is 0 Å². The SMILES string of the molecule is CCc1c(C(=O)Nc2ccccc2)cnn1Cc1ccccc1. The van der Waals surface area contributed by atoms with Crippen LogP contribution in [-0.4, -0.2) is 15.7 Å². The van der Waals surface area contributed by atoms with Crippen LogP contribution in [0.3, 0.4) is 0 Å². The molecule has 23 heavy (non-hydrogen) atoms. The number of nitrogens with zero attached hydrogens (tertiary/aromatic N) is 2. The average Bonchev–Trinajstić information content (AvgIpc) is 2.99. The molecule has 0 atom stereocenters. The van der Waals surface area contributed by atoms with Crippen LogP contribution in [-0.2, 0) is 13.0 Å². The largest absolute Gasteiger partial charge is 0.322 e. The van der Waals surface area contributed by atoms with Crippen molar-refractivity contribution in [2.24, 2.45) is 0 Å². The Kier molecular flexibility index (Phi) is 4.52. The zero-order valence-electron chi connectivity index (χ0n) is 13.1. The highest BCUT2D eigenvalue weighted by molar-refractivity contribution is 6.04. The minimum absolute atomic E-state index is 0.118. The third kappa shape index (κ3) is 3.48. The molecule has 2 aromatic carbocycles. The number of carbonyl (C=O) groups excluding carboxylic acids is 1. The van der Waals surface area contributed by atoms with Gasteiger partial charge >= 0.3 is 0 Å². The number of hydrogen-bond donors (Lipinski definition) is 1. The van der Waals surface area contributed by atoms with E-state index in [0.717, 1.165) is 17.8 Å². The molecule has 0 aliphatic heterocycles. The van der Waals surface area contributed by atoms with Gasteiger partial charge in [0.15, 0.2) is 0 Å². The summed E-state index contributed by atoms with van der Waals surface area (Å²) < 4.78 is 1.90. The van der Waals surface area contributed by atoms with Gasteiger partial charge in [-0.25, -0.2) is 0 Å². The molecule has 3 rings (SSSR count). The number of carbonyl (C=O) groups is 1. The van der Waals surface area contributed by atoms with Crippen molar-refractivity contribution in [1.82, 2.24) is 9.78 Å². The molecular weight excluding hydrogens is 286 g/mol. The van der Waals surface area contributed by atoms with Crippen molar-refractivity contribution in [2.45, 2.75) is 19.9 Å². The Balaban J connectivity index is 1.82. The zero-order chi connectivity index (χ0) is 16.1. The van der Waals surface area contributed by atoms with E-state index in [9.17, 15) is 4.79 Å². The smallest absolute Gasteiger partial charge is 0.259 e. The van der Waals surface area contributed by atoms with E-state index in [1.807, 2.05) is 60.1 Å². The lowest BCUT2D eigenvalue weighted by Gasteiger charge is -2.09. The van der Waals surface area contributed by atoms with Gasteiger partial charge in [0.25, 0.3) is 5.91 Å². The summed E-state index contributed by atoms with van der Waals surface area (Å²) in [5.41, 5.74) is 3.53. The summed E-state index contributed by atoms with van der Waals surface area (Å²) in [4.78, 5) is 12.5. The molecule has 3 aromatic rings. The molecule has 4 nitrogen and oxygen atoms in total. The summed E-state index contributed by atoms with van der Waals surface area (Å²) in [5.74, 6) is -0.118. The molecule has 116 valence electrons. The highest BCUT2D eigenvalue weighted by Crippen LogP contribution is 2.15. The predicted octanol–water partition coefficient (Wildman–Crippen LogP) is 3.75. The molecule has 1 N–H and O–H groups in total. The van der Waals surface area contributed by atoms with Gasteiger partial charge in [0, 0.05) is 5.69 Å². The van der Waals surface area contributed by atoms with Crippen molar-refractivity contribution in [3.05, 3.63) is 83.7 Å². The number of para-hydroxylation sites is 1.